The van der Waals surface area contributed by atoms with Crippen molar-refractivity contribution in [3.63, 3.8) is 0 Å². The number of aliphatic carboxylic acids is 1. The third-order valence-corrected chi connectivity index (χ3v) is 3.26. The number of alkyl halides is 6. The van der Waals surface area contributed by atoms with Crippen LogP contribution >= 0.6 is 0 Å². The standard InChI is InChI=1S/C12H14F3NO.C2HF3O2/c1-17-10-4-7(11(13)12(14)15)2-3-9(10)8-5-16-6-8;3-2(4,5)1(6)7/h2-4,8,11-12,16H,5-6H2,1H3;(H,6,7). The molecule has 0 aliphatic carbocycles. The molecule has 1 heterocycles. The monoisotopic (exact) mass is 359 g/mol. The Morgan fingerprint density at radius 2 is 1.83 bits per heavy atom. The lowest BCUT2D eigenvalue weighted by Crippen LogP contribution is -2.40. The quantitative estimate of drug-likeness (QED) is 0.810. The summed E-state index contributed by atoms with van der Waals surface area (Å²) in [7, 11) is 1.46. The van der Waals surface area contributed by atoms with E-state index in [2.05, 4.69) is 5.32 Å². The SMILES string of the molecule is COc1cc(C(F)C(F)F)ccc1C1CNC1.O=C(O)C(F)(F)F. The molecule has 4 nitrogen and oxygen atoms in total. The summed E-state index contributed by atoms with van der Waals surface area (Å²) in [5, 5.41) is 10.2. The van der Waals surface area contributed by atoms with Crippen LogP contribution in [0.2, 0.25) is 0 Å². The topological polar surface area (TPSA) is 58.6 Å². The first-order valence-corrected chi connectivity index (χ1v) is 6.68. The molecule has 0 saturated carbocycles. The number of carboxylic acid groups (broad SMARTS) is 1. The lowest BCUT2D eigenvalue weighted by atomic mass is 9.91. The van der Waals surface area contributed by atoms with Gasteiger partial charge in [0.15, 0.2) is 6.17 Å². The van der Waals surface area contributed by atoms with E-state index in [-0.39, 0.29) is 5.56 Å². The predicted molar refractivity (Wildman–Crippen MR) is 72.1 cm³/mol. The molecule has 0 spiro atoms. The second kappa shape index (κ2) is 8.22. The Balaban J connectivity index is 0.000000351. The summed E-state index contributed by atoms with van der Waals surface area (Å²) in [4.78, 5) is 8.90. The number of methoxy groups -OCH3 is 1. The van der Waals surface area contributed by atoms with Gasteiger partial charge in [-0.2, -0.15) is 13.2 Å². The molecule has 2 rings (SSSR count). The van der Waals surface area contributed by atoms with Gasteiger partial charge in [0, 0.05) is 19.0 Å². The van der Waals surface area contributed by atoms with Gasteiger partial charge in [0.1, 0.15) is 5.75 Å². The first-order chi connectivity index (χ1) is 11.1. The van der Waals surface area contributed by atoms with Crippen LogP contribution in [-0.2, 0) is 4.79 Å². The maximum atomic E-state index is 13.2. The van der Waals surface area contributed by atoms with Gasteiger partial charge in [-0.3, -0.25) is 0 Å². The van der Waals surface area contributed by atoms with E-state index in [1.165, 1.54) is 19.2 Å². The molecule has 0 radical (unpaired) electrons. The van der Waals surface area contributed by atoms with E-state index in [9.17, 15) is 26.3 Å². The van der Waals surface area contributed by atoms with Crippen LogP contribution < -0.4 is 10.1 Å². The van der Waals surface area contributed by atoms with E-state index in [0.717, 1.165) is 18.7 Å². The highest BCUT2D eigenvalue weighted by atomic mass is 19.4. The lowest BCUT2D eigenvalue weighted by Gasteiger charge is -2.29. The van der Waals surface area contributed by atoms with Gasteiger partial charge in [0.25, 0.3) is 6.43 Å². The molecule has 10 heteroatoms. The van der Waals surface area contributed by atoms with Gasteiger partial charge >= 0.3 is 12.1 Å². The second-order valence-corrected chi connectivity index (χ2v) is 4.90. The summed E-state index contributed by atoms with van der Waals surface area (Å²) in [6.07, 6.45) is -10.3. The van der Waals surface area contributed by atoms with Gasteiger partial charge < -0.3 is 15.2 Å². The van der Waals surface area contributed by atoms with Crippen LogP contribution in [0.3, 0.4) is 0 Å². The molecule has 1 aromatic rings. The van der Waals surface area contributed by atoms with E-state index in [1.807, 2.05) is 0 Å². The molecule has 1 aromatic carbocycles. The van der Waals surface area contributed by atoms with E-state index in [1.54, 1.807) is 6.07 Å². The highest BCUT2D eigenvalue weighted by Crippen LogP contribution is 2.34. The third-order valence-electron chi connectivity index (χ3n) is 3.26. The van der Waals surface area contributed by atoms with Gasteiger partial charge in [-0.05, 0) is 17.2 Å². The molecule has 1 fully saturated rings. The van der Waals surface area contributed by atoms with E-state index in [4.69, 9.17) is 14.6 Å². The number of carboxylic acids is 1. The number of benzene rings is 1. The van der Waals surface area contributed by atoms with Crippen molar-refractivity contribution in [3.8, 4) is 5.75 Å². The molecule has 1 atom stereocenters. The highest BCUT2D eigenvalue weighted by molar-refractivity contribution is 5.73. The Morgan fingerprint density at radius 3 is 2.17 bits per heavy atom. The molecule has 1 aliphatic rings. The molecular formula is C14H15F6NO3. The van der Waals surface area contributed by atoms with Crippen molar-refractivity contribution >= 4 is 5.97 Å². The average Bonchev–Trinajstić information content (AvgIpc) is 2.44. The maximum absolute atomic E-state index is 13.2. The fourth-order valence-electron chi connectivity index (χ4n) is 1.89. The minimum Gasteiger partial charge on any atom is -0.496 e. The van der Waals surface area contributed by atoms with E-state index < -0.39 is 24.7 Å². The van der Waals surface area contributed by atoms with Gasteiger partial charge in [0.05, 0.1) is 7.11 Å². The van der Waals surface area contributed by atoms with Gasteiger partial charge in [-0.1, -0.05) is 12.1 Å². The Hall–Kier alpha value is -1.97. The zero-order chi connectivity index (χ0) is 18.5. The summed E-state index contributed by atoms with van der Waals surface area (Å²) in [6.45, 7) is 1.67. The van der Waals surface area contributed by atoms with Crippen LogP contribution in [0.15, 0.2) is 18.2 Å². The van der Waals surface area contributed by atoms with Crippen LogP contribution in [-0.4, -0.2) is 43.9 Å². The molecule has 136 valence electrons. The zero-order valence-corrected chi connectivity index (χ0v) is 12.4. The second-order valence-electron chi connectivity index (χ2n) is 4.90. The van der Waals surface area contributed by atoms with Gasteiger partial charge in [-0.25, -0.2) is 18.0 Å². The lowest BCUT2D eigenvalue weighted by molar-refractivity contribution is -0.192. The summed E-state index contributed by atoms with van der Waals surface area (Å²) in [6, 6.07) is 4.45. The number of ether oxygens (including phenoxy) is 1. The van der Waals surface area contributed by atoms with Crippen LogP contribution in [0.5, 0.6) is 5.75 Å². The molecule has 0 bridgehead atoms. The summed E-state index contributed by atoms with van der Waals surface area (Å²) >= 11 is 0. The summed E-state index contributed by atoms with van der Waals surface area (Å²) in [5.41, 5.74) is 0.907. The van der Waals surface area contributed by atoms with Crippen molar-refractivity contribution in [1.29, 1.82) is 0 Å². The fraction of sp³-hybridized carbons (Fsp3) is 0.500. The zero-order valence-electron chi connectivity index (χ0n) is 12.4. The van der Waals surface area contributed by atoms with Crippen molar-refractivity contribution < 1.29 is 41.0 Å². The molecule has 24 heavy (non-hydrogen) atoms. The van der Waals surface area contributed by atoms with Crippen LogP contribution in [0.1, 0.15) is 23.2 Å². The first kappa shape index (κ1) is 20.1. The smallest absolute Gasteiger partial charge is 0.490 e. The number of hydrogen-bond donors (Lipinski definition) is 2. The van der Waals surface area contributed by atoms with Crippen molar-refractivity contribution in [2.75, 3.05) is 20.2 Å². The van der Waals surface area contributed by atoms with Gasteiger partial charge in [-0.15, -0.1) is 0 Å². The summed E-state index contributed by atoms with van der Waals surface area (Å²) in [5.74, 6) is -1.95. The van der Waals surface area contributed by atoms with Crippen LogP contribution in [0.25, 0.3) is 0 Å². The van der Waals surface area contributed by atoms with Crippen molar-refractivity contribution in [2.45, 2.75) is 24.7 Å². The van der Waals surface area contributed by atoms with E-state index >= 15 is 0 Å². The normalized spacial score (nSPS) is 16.0. The number of hydrogen-bond acceptors (Lipinski definition) is 3. The van der Waals surface area contributed by atoms with Gasteiger partial charge in [0.2, 0.25) is 0 Å². The number of nitrogens with one attached hydrogen (secondary N) is 1. The van der Waals surface area contributed by atoms with Crippen molar-refractivity contribution in [2.24, 2.45) is 0 Å². The Bertz CT molecular complexity index is 560. The Morgan fingerprint density at radius 1 is 1.29 bits per heavy atom. The largest absolute Gasteiger partial charge is 0.496 e. The fourth-order valence-corrected chi connectivity index (χ4v) is 1.89. The molecular weight excluding hydrogens is 344 g/mol. The van der Waals surface area contributed by atoms with Crippen LogP contribution in [0, 0.1) is 0 Å². The Kier molecular flexibility index (Phi) is 6.88. The van der Waals surface area contributed by atoms with Crippen molar-refractivity contribution in [1.82, 2.24) is 5.32 Å². The molecule has 2 N–H and O–H groups in total. The minimum atomic E-state index is -5.08. The first-order valence-electron chi connectivity index (χ1n) is 6.68. The van der Waals surface area contributed by atoms with E-state index in [0.29, 0.717) is 11.7 Å². The molecule has 0 aromatic heterocycles. The summed E-state index contributed by atoms with van der Waals surface area (Å²) < 4.78 is 74.6. The molecule has 1 aliphatic heterocycles. The highest BCUT2D eigenvalue weighted by Gasteiger charge is 2.38. The Labute approximate surface area is 133 Å². The van der Waals surface area contributed by atoms with Crippen LogP contribution in [0.4, 0.5) is 26.3 Å². The number of carbonyl (C=O) groups is 1. The minimum absolute atomic E-state index is 0.0344. The average molecular weight is 359 g/mol. The number of halogens is 6. The predicted octanol–water partition coefficient (Wildman–Crippen LogP) is 3.29. The molecule has 1 unspecified atom stereocenters. The maximum Gasteiger partial charge on any atom is 0.490 e. The van der Waals surface area contributed by atoms with Crippen molar-refractivity contribution in [3.05, 3.63) is 29.3 Å². The third kappa shape index (κ3) is 5.29. The number of rotatable bonds is 4. The molecule has 0 amide bonds. The molecule has 1 saturated heterocycles.